The second-order valence-corrected chi connectivity index (χ2v) is 10.7. The number of carbonyl (C=O) groups excluding carboxylic acids is 2. The van der Waals surface area contributed by atoms with Crippen LogP contribution in [0.5, 0.6) is 0 Å². The Bertz CT molecular complexity index is 1190. The highest BCUT2D eigenvalue weighted by atomic mass is 32.2. The zero-order valence-electron chi connectivity index (χ0n) is 19.3. The number of imidazole rings is 1. The van der Waals surface area contributed by atoms with Gasteiger partial charge in [-0.05, 0) is 43.4 Å². The Balaban J connectivity index is 1.01. The smallest absolute Gasteiger partial charge is 0.220 e. The van der Waals surface area contributed by atoms with Gasteiger partial charge >= 0.3 is 0 Å². The molecule has 0 radical (unpaired) electrons. The number of nitrogen functional groups attached to an aromatic ring is 1. The molecule has 2 fully saturated rings. The minimum absolute atomic E-state index is 0.129. The Hall–Kier alpha value is -2.81. The van der Waals surface area contributed by atoms with E-state index in [2.05, 4.69) is 31.2 Å². The summed E-state index contributed by atoms with van der Waals surface area (Å²) in [6.07, 6.45) is 7.95. The molecule has 2 aromatic heterocycles. The standard InChI is InChI=1S/C25H32N6O2S/c26-25-23-24(17-7-1-2-8-18(17)29-25)31(15-28-23)12-6-5-11-27-20(32)10-4-3-9-19-22-16(14-34-19)13-21(33)30-22/h1-2,7-8,15-16,19,22H,3-6,9-14H2,(H2,26,29)(H,27,32)(H,30,33). The number of hydrogen-bond donors (Lipinski definition) is 3. The summed E-state index contributed by atoms with van der Waals surface area (Å²) in [6, 6.07) is 8.33. The van der Waals surface area contributed by atoms with Gasteiger partial charge in [-0.1, -0.05) is 24.6 Å². The van der Waals surface area contributed by atoms with E-state index in [1.165, 1.54) is 0 Å². The molecule has 2 aliphatic rings. The average molecular weight is 481 g/mol. The summed E-state index contributed by atoms with van der Waals surface area (Å²) in [5, 5.41) is 7.76. The Kier molecular flexibility index (Phi) is 6.89. The predicted molar refractivity (Wildman–Crippen MR) is 136 cm³/mol. The van der Waals surface area contributed by atoms with Crippen LogP contribution in [0.3, 0.4) is 0 Å². The van der Waals surface area contributed by atoms with E-state index in [1.54, 1.807) is 0 Å². The highest BCUT2D eigenvalue weighted by Gasteiger charge is 2.42. The van der Waals surface area contributed by atoms with Crippen molar-refractivity contribution in [3.63, 3.8) is 0 Å². The van der Waals surface area contributed by atoms with E-state index in [9.17, 15) is 9.59 Å². The fraction of sp³-hybridized carbons (Fsp3) is 0.520. The number of pyridine rings is 1. The van der Waals surface area contributed by atoms with Gasteiger partial charge in [-0.2, -0.15) is 11.8 Å². The Morgan fingerprint density at radius 2 is 2.12 bits per heavy atom. The summed E-state index contributed by atoms with van der Waals surface area (Å²) < 4.78 is 2.13. The Morgan fingerprint density at radius 3 is 3.03 bits per heavy atom. The van der Waals surface area contributed by atoms with Crippen LogP contribution in [0.25, 0.3) is 21.9 Å². The summed E-state index contributed by atoms with van der Waals surface area (Å²) >= 11 is 1.98. The molecule has 34 heavy (non-hydrogen) atoms. The van der Waals surface area contributed by atoms with Crippen molar-refractivity contribution in [2.24, 2.45) is 5.92 Å². The molecule has 4 heterocycles. The molecule has 2 aliphatic heterocycles. The molecule has 9 heteroatoms. The fourth-order valence-electron chi connectivity index (χ4n) is 5.23. The van der Waals surface area contributed by atoms with Crippen molar-refractivity contribution in [1.82, 2.24) is 25.2 Å². The number of hydrogen-bond acceptors (Lipinski definition) is 6. The average Bonchev–Trinajstić information content (AvgIpc) is 3.52. The van der Waals surface area contributed by atoms with E-state index in [0.29, 0.717) is 42.4 Å². The predicted octanol–water partition coefficient (Wildman–Crippen LogP) is 3.24. The van der Waals surface area contributed by atoms with Gasteiger partial charge in [-0.3, -0.25) is 9.59 Å². The molecule has 2 amide bonds. The summed E-state index contributed by atoms with van der Waals surface area (Å²) in [4.78, 5) is 32.7. The first-order valence-electron chi connectivity index (χ1n) is 12.3. The van der Waals surface area contributed by atoms with Crippen molar-refractivity contribution < 1.29 is 9.59 Å². The lowest BCUT2D eigenvalue weighted by Gasteiger charge is -2.17. The summed E-state index contributed by atoms with van der Waals surface area (Å²) in [5.74, 6) is 2.39. The maximum Gasteiger partial charge on any atom is 0.220 e. The van der Waals surface area contributed by atoms with Gasteiger partial charge in [-0.15, -0.1) is 0 Å². The maximum atomic E-state index is 12.2. The summed E-state index contributed by atoms with van der Waals surface area (Å²) in [6.45, 7) is 1.50. The van der Waals surface area contributed by atoms with E-state index in [1.807, 2.05) is 36.3 Å². The van der Waals surface area contributed by atoms with Crippen molar-refractivity contribution >= 4 is 51.3 Å². The number of fused-ring (bicyclic) bond motifs is 4. The number of anilines is 1. The summed E-state index contributed by atoms with van der Waals surface area (Å²) in [7, 11) is 0. The SMILES string of the molecule is Nc1nc2ccccc2c2c1ncn2CCCCNC(=O)CCCCC1SCC2CC(=O)NC21. The molecule has 0 aliphatic carbocycles. The quantitative estimate of drug-likeness (QED) is 0.384. The first-order chi connectivity index (χ1) is 16.6. The van der Waals surface area contributed by atoms with Crippen LogP contribution in [0.4, 0.5) is 5.82 Å². The fourth-order valence-corrected chi connectivity index (χ4v) is 6.88. The summed E-state index contributed by atoms with van der Waals surface area (Å²) in [5.41, 5.74) is 8.75. The van der Waals surface area contributed by atoms with E-state index in [0.717, 1.165) is 66.3 Å². The molecule has 0 spiro atoms. The van der Waals surface area contributed by atoms with Crippen LogP contribution in [0.2, 0.25) is 0 Å². The lowest BCUT2D eigenvalue weighted by atomic mass is 9.97. The molecule has 8 nitrogen and oxygen atoms in total. The monoisotopic (exact) mass is 480 g/mol. The number of benzene rings is 1. The van der Waals surface area contributed by atoms with Crippen LogP contribution in [0.15, 0.2) is 30.6 Å². The topological polar surface area (TPSA) is 115 Å². The minimum atomic E-state index is 0.129. The molecule has 0 saturated carbocycles. The normalized spacial score (nSPS) is 21.8. The molecular formula is C25H32N6O2S. The molecule has 180 valence electrons. The van der Waals surface area contributed by atoms with Gasteiger partial charge in [-0.25, -0.2) is 9.97 Å². The molecule has 2 saturated heterocycles. The number of nitrogens with two attached hydrogens (primary N) is 1. The van der Waals surface area contributed by atoms with E-state index < -0.39 is 0 Å². The van der Waals surface area contributed by atoms with Gasteiger partial charge in [0.1, 0.15) is 5.52 Å². The Morgan fingerprint density at radius 1 is 1.24 bits per heavy atom. The highest BCUT2D eigenvalue weighted by molar-refractivity contribution is 8.00. The number of aryl methyl sites for hydroxylation is 1. The van der Waals surface area contributed by atoms with Crippen LogP contribution >= 0.6 is 11.8 Å². The third-order valence-corrected chi connectivity index (χ3v) is 8.56. The highest BCUT2D eigenvalue weighted by Crippen LogP contribution is 2.39. The van der Waals surface area contributed by atoms with E-state index in [-0.39, 0.29) is 11.8 Å². The Labute approximate surface area is 203 Å². The lowest BCUT2D eigenvalue weighted by Crippen LogP contribution is -2.34. The number of rotatable bonds is 10. The molecular weight excluding hydrogens is 448 g/mol. The molecule has 5 rings (SSSR count). The van der Waals surface area contributed by atoms with Crippen LogP contribution in [0.1, 0.15) is 44.9 Å². The number of aromatic nitrogens is 3. The van der Waals surface area contributed by atoms with Gasteiger partial charge in [0.25, 0.3) is 0 Å². The molecule has 4 N–H and O–H groups in total. The zero-order chi connectivity index (χ0) is 23.5. The number of carbonyl (C=O) groups is 2. The third-order valence-electron chi connectivity index (χ3n) is 6.98. The zero-order valence-corrected chi connectivity index (χ0v) is 20.2. The number of nitrogens with one attached hydrogen (secondary N) is 2. The van der Waals surface area contributed by atoms with Crippen LogP contribution in [-0.2, 0) is 16.1 Å². The van der Waals surface area contributed by atoms with Gasteiger partial charge in [0.05, 0.1) is 17.4 Å². The van der Waals surface area contributed by atoms with Crippen LogP contribution in [0, 0.1) is 5.92 Å². The third kappa shape index (κ3) is 4.85. The van der Waals surface area contributed by atoms with Crippen molar-refractivity contribution in [3.05, 3.63) is 30.6 Å². The first-order valence-corrected chi connectivity index (χ1v) is 13.3. The lowest BCUT2D eigenvalue weighted by molar-refractivity contribution is -0.121. The van der Waals surface area contributed by atoms with Gasteiger partial charge in [0, 0.05) is 42.6 Å². The molecule has 3 atom stereocenters. The van der Waals surface area contributed by atoms with Crippen molar-refractivity contribution in [1.29, 1.82) is 0 Å². The number of unbranched alkanes of at least 4 members (excludes halogenated alkanes) is 2. The largest absolute Gasteiger partial charge is 0.382 e. The van der Waals surface area contributed by atoms with Gasteiger partial charge < -0.3 is 20.9 Å². The second-order valence-electron chi connectivity index (χ2n) is 9.38. The number of thioether (sulfide) groups is 1. The van der Waals surface area contributed by atoms with E-state index >= 15 is 0 Å². The molecule has 3 unspecified atom stereocenters. The van der Waals surface area contributed by atoms with Crippen molar-refractivity contribution in [2.75, 3.05) is 18.0 Å². The second kappa shape index (κ2) is 10.2. The van der Waals surface area contributed by atoms with E-state index in [4.69, 9.17) is 5.73 Å². The van der Waals surface area contributed by atoms with Crippen LogP contribution in [-0.4, -0.2) is 49.9 Å². The molecule has 3 aromatic rings. The maximum absolute atomic E-state index is 12.2. The van der Waals surface area contributed by atoms with Crippen LogP contribution < -0.4 is 16.4 Å². The number of para-hydroxylation sites is 1. The van der Waals surface area contributed by atoms with Gasteiger partial charge in [0.15, 0.2) is 5.82 Å². The van der Waals surface area contributed by atoms with Crippen molar-refractivity contribution in [2.45, 2.75) is 62.8 Å². The molecule has 1 aromatic carbocycles. The first kappa shape index (κ1) is 23.0. The number of amides is 2. The minimum Gasteiger partial charge on any atom is -0.382 e. The van der Waals surface area contributed by atoms with Gasteiger partial charge in [0.2, 0.25) is 11.8 Å². The molecule has 0 bridgehead atoms. The number of nitrogens with zero attached hydrogens (tertiary/aromatic N) is 3. The van der Waals surface area contributed by atoms with Crippen molar-refractivity contribution in [3.8, 4) is 0 Å².